The smallest absolute Gasteiger partial charge is 0.321 e. The SMILES string of the molecule is CNCc1cnc(Oc2cccc3cccnc23)nc1. The molecule has 0 atom stereocenters. The highest BCUT2D eigenvalue weighted by Gasteiger charge is 2.06. The molecule has 1 aromatic carbocycles. The van der Waals surface area contributed by atoms with Crippen LogP contribution in [0.3, 0.4) is 0 Å². The van der Waals surface area contributed by atoms with Gasteiger partial charge in [-0.05, 0) is 19.2 Å². The molecule has 0 fully saturated rings. The fourth-order valence-corrected chi connectivity index (χ4v) is 1.95. The van der Waals surface area contributed by atoms with Gasteiger partial charge in [0.2, 0.25) is 0 Å². The lowest BCUT2D eigenvalue weighted by atomic mass is 10.2. The van der Waals surface area contributed by atoms with E-state index in [1.165, 1.54) is 0 Å². The van der Waals surface area contributed by atoms with E-state index in [0.717, 1.165) is 23.0 Å². The first-order valence-electron chi connectivity index (χ1n) is 6.34. The summed E-state index contributed by atoms with van der Waals surface area (Å²) in [5.41, 5.74) is 1.81. The molecule has 0 saturated heterocycles. The number of hydrogen-bond donors (Lipinski definition) is 1. The highest BCUT2D eigenvalue weighted by Crippen LogP contribution is 2.26. The topological polar surface area (TPSA) is 59.9 Å². The van der Waals surface area contributed by atoms with Crippen molar-refractivity contribution in [3.05, 3.63) is 54.5 Å². The average Bonchev–Trinajstić information content (AvgIpc) is 2.50. The van der Waals surface area contributed by atoms with E-state index in [9.17, 15) is 0 Å². The van der Waals surface area contributed by atoms with Crippen LogP contribution in [0.15, 0.2) is 48.9 Å². The number of pyridine rings is 1. The maximum Gasteiger partial charge on any atom is 0.321 e. The number of fused-ring (bicyclic) bond motifs is 1. The zero-order valence-corrected chi connectivity index (χ0v) is 11.1. The highest BCUT2D eigenvalue weighted by atomic mass is 16.5. The highest BCUT2D eigenvalue weighted by molar-refractivity contribution is 5.84. The van der Waals surface area contributed by atoms with E-state index in [4.69, 9.17) is 4.74 Å². The summed E-state index contributed by atoms with van der Waals surface area (Å²) >= 11 is 0. The molecule has 0 saturated carbocycles. The van der Waals surface area contributed by atoms with Crippen molar-refractivity contribution in [2.24, 2.45) is 0 Å². The van der Waals surface area contributed by atoms with Crippen LogP contribution in [0.25, 0.3) is 10.9 Å². The van der Waals surface area contributed by atoms with Crippen LogP contribution in [0.1, 0.15) is 5.56 Å². The van der Waals surface area contributed by atoms with Crippen molar-refractivity contribution < 1.29 is 4.74 Å². The van der Waals surface area contributed by atoms with Crippen molar-refractivity contribution in [3.8, 4) is 11.8 Å². The maximum absolute atomic E-state index is 5.72. The second kappa shape index (κ2) is 5.63. The van der Waals surface area contributed by atoms with Crippen LogP contribution in [0.5, 0.6) is 11.8 Å². The molecular weight excluding hydrogens is 252 g/mol. The molecule has 5 nitrogen and oxygen atoms in total. The van der Waals surface area contributed by atoms with Crippen LogP contribution in [-0.2, 0) is 6.54 Å². The Morgan fingerprint density at radius 1 is 1.05 bits per heavy atom. The van der Waals surface area contributed by atoms with Crippen LogP contribution in [0.2, 0.25) is 0 Å². The predicted octanol–water partition coefficient (Wildman–Crippen LogP) is 2.54. The summed E-state index contributed by atoms with van der Waals surface area (Å²) in [7, 11) is 1.88. The summed E-state index contributed by atoms with van der Waals surface area (Å²) in [5.74, 6) is 0.657. The van der Waals surface area contributed by atoms with Gasteiger partial charge in [0.1, 0.15) is 5.52 Å². The summed E-state index contributed by atoms with van der Waals surface area (Å²) in [6, 6.07) is 9.99. The van der Waals surface area contributed by atoms with Gasteiger partial charge in [0.25, 0.3) is 0 Å². The van der Waals surface area contributed by atoms with E-state index in [1.54, 1.807) is 18.6 Å². The third-order valence-electron chi connectivity index (χ3n) is 2.86. The molecule has 5 heteroatoms. The van der Waals surface area contributed by atoms with Crippen LogP contribution < -0.4 is 10.1 Å². The quantitative estimate of drug-likeness (QED) is 0.786. The summed E-state index contributed by atoms with van der Waals surface area (Å²) in [6.45, 7) is 0.732. The second-order valence-electron chi connectivity index (χ2n) is 4.34. The first-order chi connectivity index (χ1) is 9.86. The minimum atomic E-state index is 0.322. The van der Waals surface area contributed by atoms with Crippen LogP contribution in [0.4, 0.5) is 0 Å². The van der Waals surface area contributed by atoms with Crippen molar-refractivity contribution >= 4 is 10.9 Å². The standard InChI is InChI=1S/C15H14N4O/c1-16-8-11-9-18-15(19-10-11)20-13-6-2-4-12-5-3-7-17-14(12)13/h2-7,9-10,16H,8H2,1H3. The van der Waals surface area contributed by atoms with Gasteiger partial charge in [0.15, 0.2) is 5.75 Å². The van der Waals surface area contributed by atoms with Gasteiger partial charge in [-0.3, -0.25) is 4.98 Å². The Morgan fingerprint density at radius 3 is 2.65 bits per heavy atom. The Balaban J connectivity index is 1.89. The number of hydrogen-bond acceptors (Lipinski definition) is 5. The molecule has 0 bridgehead atoms. The normalized spacial score (nSPS) is 10.7. The number of ether oxygens (including phenoxy) is 1. The molecule has 0 unspecified atom stereocenters. The molecule has 0 amide bonds. The minimum absolute atomic E-state index is 0.322. The lowest BCUT2D eigenvalue weighted by molar-refractivity contribution is 0.444. The van der Waals surface area contributed by atoms with Crippen LogP contribution in [0, 0.1) is 0 Å². The molecule has 0 aliphatic carbocycles. The van der Waals surface area contributed by atoms with Crippen LogP contribution in [-0.4, -0.2) is 22.0 Å². The van der Waals surface area contributed by atoms with E-state index >= 15 is 0 Å². The zero-order valence-electron chi connectivity index (χ0n) is 11.1. The summed E-state index contributed by atoms with van der Waals surface area (Å²) in [6.07, 6.45) is 5.24. The predicted molar refractivity (Wildman–Crippen MR) is 76.6 cm³/mol. The van der Waals surface area contributed by atoms with Gasteiger partial charge in [-0.15, -0.1) is 0 Å². The molecule has 3 aromatic rings. The Kier molecular flexibility index (Phi) is 3.52. The molecular formula is C15H14N4O. The fourth-order valence-electron chi connectivity index (χ4n) is 1.95. The number of para-hydroxylation sites is 1. The first-order valence-corrected chi connectivity index (χ1v) is 6.34. The van der Waals surface area contributed by atoms with Crippen molar-refractivity contribution in [1.29, 1.82) is 0 Å². The largest absolute Gasteiger partial charge is 0.422 e. The minimum Gasteiger partial charge on any atom is -0.422 e. The molecule has 2 aromatic heterocycles. The van der Waals surface area contributed by atoms with Crippen molar-refractivity contribution in [1.82, 2.24) is 20.3 Å². The first kappa shape index (κ1) is 12.5. The zero-order chi connectivity index (χ0) is 13.8. The molecule has 0 radical (unpaired) electrons. The Bertz CT molecular complexity index is 707. The van der Waals surface area contributed by atoms with Gasteiger partial charge in [0, 0.05) is 36.1 Å². The van der Waals surface area contributed by atoms with Gasteiger partial charge >= 0.3 is 6.01 Å². The molecule has 2 heterocycles. The fraction of sp³-hybridized carbons (Fsp3) is 0.133. The van der Waals surface area contributed by atoms with Crippen molar-refractivity contribution in [2.45, 2.75) is 6.54 Å². The summed E-state index contributed by atoms with van der Waals surface area (Å²) in [4.78, 5) is 12.7. The van der Waals surface area contributed by atoms with Gasteiger partial charge < -0.3 is 10.1 Å². The number of nitrogens with zero attached hydrogens (tertiary/aromatic N) is 3. The van der Waals surface area contributed by atoms with Gasteiger partial charge in [0.05, 0.1) is 0 Å². The van der Waals surface area contributed by atoms with Gasteiger partial charge in [-0.2, -0.15) is 0 Å². The van der Waals surface area contributed by atoms with E-state index in [2.05, 4.69) is 20.3 Å². The number of nitrogens with one attached hydrogen (secondary N) is 1. The molecule has 0 spiro atoms. The number of rotatable bonds is 4. The van der Waals surface area contributed by atoms with E-state index in [0.29, 0.717) is 11.8 Å². The third-order valence-corrected chi connectivity index (χ3v) is 2.86. The molecule has 0 aliphatic heterocycles. The summed E-state index contributed by atoms with van der Waals surface area (Å²) in [5, 5.41) is 4.07. The Hall–Kier alpha value is -2.53. The van der Waals surface area contributed by atoms with Crippen molar-refractivity contribution in [3.63, 3.8) is 0 Å². The average molecular weight is 266 g/mol. The van der Waals surface area contributed by atoms with E-state index < -0.39 is 0 Å². The molecule has 1 N–H and O–H groups in total. The monoisotopic (exact) mass is 266 g/mol. The lowest BCUT2D eigenvalue weighted by Crippen LogP contribution is -2.06. The Labute approximate surface area is 116 Å². The third kappa shape index (κ3) is 2.57. The van der Waals surface area contributed by atoms with Gasteiger partial charge in [-0.25, -0.2) is 9.97 Å². The maximum atomic E-state index is 5.72. The van der Waals surface area contributed by atoms with Gasteiger partial charge in [-0.1, -0.05) is 18.2 Å². The summed E-state index contributed by atoms with van der Waals surface area (Å²) < 4.78 is 5.72. The molecule has 0 aliphatic rings. The molecule has 20 heavy (non-hydrogen) atoms. The van der Waals surface area contributed by atoms with E-state index in [-0.39, 0.29) is 0 Å². The van der Waals surface area contributed by atoms with Crippen LogP contribution >= 0.6 is 0 Å². The Morgan fingerprint density at radius 2 is 1.85 bits per heavy atom. The molecule has 100 valence electrons. The van der Waals surface area contributed by atoms with Crippen molar-refractivity contribution in [2.75, 3.05) is 7.05 Å². The van der Waals surface area contributed by atoms with E-state index in [1.807, 2.05) is 37.4 Å². The number of aromatic nitrogens is 3. The second-order valence-corrected chi connectivity index (χ2v) is 4.34. The number of benzene rings is 1. The molecule has 3 rings (SSSR count). The lowest BCUT2D eigenvalue weighted by Gasteiger charge is -2.06.